The minimum atomic E-state index is -0.343. The van der Waals surface area contributed by atoms with E-state index < -0.39 is 0 Å². The number of hydrogen-bond donors (Lipinski definition) is 3. The molecule has 1 amide bonds. The highest BCUT2D eigenvalue weighted by Crippen LogP contribution is 2.23. The number of nitrogens with one attached hydrogen (secondary N) is 2. The summed E-state index contributed by atoms with van der Waals surface area (Å²) < 4.78 is 0. The molecule has 0 saturated carbocycles. The summed E-state index contributed by atoms with van der Waals surface area (Å²) in [4.78, 5) is 16.0. The number of hydrazine groups is 1. The number of aromatic nitrogens is 1. The molecule has 19 heavy (non-hydrogen) atoms. The number of halogens is 1. The van der Waals surface area contributed by atoms with Crippen molar-refractivity contribution in [1.82, 2.24) is 4.98 Å². The molecule has 0 unspecified atom stereocenters. The number of nitrogens with zero attached hydrogens (tertiary/aromatic N) is 1. The van der Waals surface area contributed by atoms with Gasteiger partial charge in [0.05, 0.1) is 16.4 Å². The van der Waals surface area contributed by atoms with Crippen LogP contribution in [0.15, 0.2) is 36.5 Å². The van der Waals surface area contributed by atoms with Gasteiger partial charge in [-0.2, -0.15) is 0 Å². The van der Waals surface area contributed by atoms with E-state index in [-0.39, 0.29) is 11.6 Å². The monoisotopic (exact) mass is 276 g/mol. The molecule has 0 spiro atoms. The molecule has 2 rings (SSSR count). The SMILES string of the molecule is Cc1ccc(Cl)c(NC(=O)c2cc(NN)ccn2)c1. The van der Waals surface area contributed by atoms with Crippen LogP contribution in [0.3, 0.4) is 0 Å². The van der Waals surface area contributed by atoms with Gasteiger partial charge in [0.1, 0.15) is 5.69 Å². The second-order valence-corrected chi connectivity index (χ2v) is 4.42. The van der Waals surface area contributed by atoms with Gasteiger partial charge in [0.15, 0.2) is 0 Å². The van der Waals surface area contributed by atoms with Crippen LogP contribution < -0.4 is 16.6 Å². The van der Waals surface area contributed by atoms with Gasteiger partial charge < -0.3 is 10.7 Å². The molecule has 1 aromatic carbocycles. The standard InChI is InChI=1S/C13H13ClN4O/c1-8-2-3-10(14)11(6-8)17-13(19)12-7-9(18-15)4-5-16-12/h2-7H,15H2,1H3,(H,16,18)(H,17,19). The van der Waals surface area contributed by atoms with Gasteiger partial charge in [0, 0.05) is 6.20 Å². The van der Waals surface area contributed by atoms with E-state index in [0.717, 1.165) is 5.56 Å². The quantitative estimate of drug-likeness (QED) is 0.595. The minimum Gasteiger partial charge on any atom is -0.324 e. The van der Waals surface area contributed by atoms with Crippen molar-refractivity contribution in [2.45, 2.75) is 6.92 Å². The maximum Gasteiger partial charge on any atom is 0.274 e. The largest absolute Gasteiger partial charge is 0.324 e. The van der Waals surface area contributed by atoms with Gasteiger partial charge in [-0.15, -0.1) is 0 Å². The number of nitrogens with two attached hydrogens (primary N) is 1. The maximum absolute atomic E-state index is 12.0. The molecule has 0 fully saturated rings. The lowest BCUT2D eigenvalue weighted by atomic mass is 10.2. The normalized spacial score (nSPS) is 10.1. The fraction of sp³-hybridized carbons (Fsp3) is 0.0769. The number of hydrogen-bond acceptors (Lipinski definition) is 4. The number of carbonyl (C=O) groups is 1. The number of aryl methyl sites for hydroxylation is 1. The molecule has 0 aliphatic carbocycles. The Bertz CT molecular complexity index is 615. The molecule has 0 radical (unpaired) electrons. The van der Waals surface area contributed by atoms with Gasteiger partial charge in [-0.25, -0.2) is 0 Å². The zero-order valence-electron chi connectivity index (χ0n) is 10.3. The molecular formula is C13H13ClN4O. The molecule has 0 bridgehead atoms. The third-order valence-corrected chi connectivity index (χ3v) is 2.86. The Morgan fingerprint density at radius 2 is 2.11 bits per heavy atom. The van der Waals surface area contributed by atoms with E-state index in [1.54, 1.807) is 24.3 Å². The average Bonchev–Trinajstić information content (AvgIpc) is 2.43. The van der Waals surface area contributed by atoms with Crippen molar-refractivity contribution in [3.8, 4) is 0 Å². The summed E-state index contributed by atoms with van der Waals surface area (Å²) in [7, 11) is 0. The second kappa shape index (κ2) is 5.69. The van der Waals surface area contributed by atoms with Crippen LogP contribution in [0, 0.1) is 6.92 Å². The summed E-state index contributed by atoms with van der Waals surface area (Å²) in [5.74, 6) is 4.94. The summed E-state index contributed by atoms with van der Waals surface area (Å²) in [6.45, 7) is 1.92. The summed E-state index contributed by atoms with van der Waals surface area (Å²) in [6.07, 6.45) is 1.50. The Kier molecular flexibility index (Phi) is 3.99. The fourth-order valence-corrected chi connectivity index (χ4v) is 1.73. The van der Waals surface area contributed by atoms with Crippen molar-refractivity contribution >= 4 is 28.9 Å². The highest BCUT2D eigenvalue weighted by Gasteiger charge is 2.10. The van der Waals surface area contributed by atoms with Crippen LogP contribution in [0.4, 0.5) is 11.4 Å². The molecule has 0 aliphatic heterocycles. The van der Waals surface area contributed by atoms with Crippen molar-refractivity contribution in [3.63, 3.8) is 0 Å². The van der Waals surface area contributed by atoms with Crippen LogP contribution in [0.5, 0.6) is 0 Å². The average molecular weight is 277 g/mol. The first-order valence-corrected chi connectivity index (χ1v) is 5.98. The zero-order chi connectivity index (χ0) is 13.8. The van der Waals surface area contributed by atoms with E-state index in [1.165, 1.54) is 6.20 Å². The first-order chi connectivity index (χ1) is 9.10. The number of rotatable bonds is 3. The molecule has 0 atom stereocenters. The lowest BCUT2D eigenvalue weighted by Crippen LogP contribution is -2.15. The zero-order valence-corrected chi connectivity index (χ0v) is 11.0. The predicted octanol–water partition coefficient (Wildman–Crippen LogP) is 2.58. The summed E-state index contributed by atoms with van der Waals surface area (Å²) in [5, 5.41) is 3.20. The first kappa shape index (κ1) is 13.3. The van der Waals surface area contributed by atoms with Crippen LogP contribution in [0.1, 0.15) is 16.1 Å². The molecule has 2 aromatic rings. The Labute approximate surface area is 115 Å². The summed E-state index contributed by atoms with van der Waals surface area (Å²) in [5.41, 5.74) is 4.88. The van der Waals surface area contributed by atoms with Crippen LogP contribution >= 0.6 is 11.6 Å². The molecule has 1 aromatic heterocycles. The molecular weight excluding hydrogens is 264 g/mol. The van der Waals surface area contributed by atoms with Gasteiger partial charge in [-0.1, -0.05) is 17.7 Å². The van der Waals surface area contributed by atoms with Gasteiger partial charge in [-0.3, -0.25) is 15.6 Å². The van der Waals surface area contributed by atoms with Crippen molar-refractivity contribution in [1.29, 1.82) is 0 Å². The molecule has 5 nitrogen and oxygen atoms in total. The van der Waals surface area contributed by atoms with Gasteiger partial charge >= 0.3 is 0 Å². The van der Waals surface area contributed by atoms with Crippen molar-refractivity contribution in [2.24, 2.45) is 5.84 Å². The minimum absolute atomic E-state index is 0.257. The van der Waals surface area contributed by atoms with Crippen molar-refractivity contribution in [3.05, 3.63) is 52.8 Å². The number of benzene rings is 1. The van der Waals surface area contributed by atoms with E-state index in [1.807, 2.05) is 13.0 Å². The van der Waals surface area contributed by atoms with E-state index >= 15 is 0 Å². The third-order valence-electron chi connectivity index (χ3n) is 2.53. The smallest absolute Gasteiger partial charge is 0.274 e. The maximum atomic E-state index is 12.0. The molecule has 4 N–H and O–H groups in total. The lowest BCUT2D eigenvalue weighted by molar-refractivity contribution is 0.102. The summed E-state index contributed by atoms with van der Waals surface area (Å²) >= 11 is 6.02. The van der Waals surface area contributed by atoms with Crippen LogP contribution in [-0.2, 0) is 0 Å². The first-order valence-electron chi connectivity index (χ1n) is 5.60. The molecule has 0 saturated heterocycles. The van der Waals surface area contributed by atoms with Crippen LogP contribution in [0.2, 0.25) is 5.02 Å². The van der Waals surface area contributed by atoms with E-state index in [4.69, 9.17) is 17.4 Å². The number of nitrogen functional groups attached to an aromatic ring is 1. The topological polar surface area (TPSA) is 80.0 Å². The van der Waals surface area contributed by atoms with Crippen molar-refractivity contribution < 1.29 is 4.79 Å². The third kappa shape index (κ3) is 3.21. The molecule has 0 aliphatic rings. The predicted molar refractivity (Wildman–Crippen MR) is 76.2 cm³/mol. The van der Waals surface area contributed by atoms with E-state index in [2.05, 4.69) is 15.7 Å². The molecule has 1 heterocycles. The van der Waals surface area contributed by atoms with Crippen LogP contribution in [-0.4, -0.2) is 10.9 Å². The van der Waals surface area contributed by atoms with Gasteiger partial charge in [0.2, 0.25) is 0 Å². The number of anilines is 2. The Morgan fingerprint density at radius 3 is 2.84 bits per heavy atom. The number of pyridine rings is 1. The van der Waals surface area contributed by atoms with Gasteiger partial charge in [-0.05, 0) is 36.8 Å². The van der Waals surface area contributed by atoms with Crippen molar-refractivity contribution in [2.75, 3.05) is 10.7 Å². The fourth-order valence-electron chi connectivity index (χ4n) is 1.57. The Balaban J connectivity index is 2.22. The Hall–Kier alpha value is -2.11. The molecule has 98 valence electrons. The summed E-state index contributed by atoms with van der Waals surface area (Å²) in [6, 6.07) is 8.62. The number of carbonyl (C=O) groups excluding carboxylic acids is 1. The number of amides is 1. The van der Waals surface area contributed by atoms with E-state index in [0.29, 0.717) is 16.4 Å². The highest BCUT2D eigenvalue weighted by molar-refractivity contribution is 6.33. The second-order valence-electron chi connectivity index (χ2n) is 4.01. The van der Waals surface area contributed by atoms with Gasteiger partial charge in [0.25, 0.3) is 5.91 Å². The molecule has 6 heteroatoms. The van der Waals surface area contributed by atoms with E-state index in [9.17, 15) is 4.79 Å². The van der Waals surface area contributed by atoms with Crippen LogP contribution in [0.25, 0.3) is 0 Å². The lowest BCUT2D eigenvalue weighted by Gasteiger charge is -2.08. The Morgan fingerprint density at radius 1 is 1.32 bits per heavy atom. The highest BCUT2D eigenvalue weighted by atomic mass is 35.5.